The van der Waals surface area contributed by atoms with Crippen LogP contribution in [0.4, 0.5) is 11.4 Å². The van der Waals surface area contributed by atoms with E-state index in [4.69, 9.17) is 4.74 Å². The van der Waals surface area contributed by atoms with E-state index in [1.807, 2.05) is 11.8 Å². The number of amides is 1. The lowest BCUT2D eigenvalue weighted by Crippen LogP contribution is -2.16. The summed E-state index contributed by atoms with van der Waals surface area (Å²) in [4.78, 5) is 26.8. The number of nitrogens with one attached hydrogen (secondary N) is 1. The molecule has 1 aliphatic heterocycles. The molecule has 1 saturated heterocycles. The number of nitro groups is 1. The molecule has 0 bridgehead atoms. The minimum absolute atomic E-state index is 0.149. The monoisotopic (exact) mass is 345 g/mol. The van der Waals surface area contributed by atoms with Crippen LogP contribution in [0, 0.1) is 10.1 Å². The van der Waals surface area contributed by atoms with E-state index >= 15 is 0 Å². The van der Waals surface area contributed by atoms with Crippen molar-refractivity contribution in [3.63, 3.8) is 0 Å². The van der Waals surface area contributed by atoms with Gasteiger partial charge >= 0.3 is 0 Å². The van der Waals surface area contributed by atoms with E-state index in [1.54, 1.807) is 24.3 Å². The number of anilines is 1. The molecule has 124 valence electrons. The molecule has 3 rings (SSSR count). The highest BCUT2D eigenvalue weighted by Gasteiger charge is 2.18. The topological polar surface area (TPSA) is 94.4 Å². The zero-order chi connectivity index (χ0) is 16.9. The van der Waals surface area contributed by atoms with Crippen LogP contribution in [0.5, 0.6) is 5.88 Å². The molecule has 7 nitrogen and oxygen atoms in total. The molecule has 24 heavy (non-hydrogen) atoms. The fourth-order valence-electron chi connectivity index (χ4n) is 2.29. The normalized spacial score (nSPS) is 16.6. The number of carbonyl (C=O) groups excluding carboxylic acids is 1. The summed E-state index contributed by atoms with van der Waals surface area (Å²) in [5, 5.41) is 13.5. The van der Waals surface area contributed by atoms with Crippen LogP contribution >= 0.6 is 11.8 Å². The summed E-state index contributed by atoms with van der Waals surface area (Å²) >= 11 is 1.84. The van der Waals surface area contributed by atoms with Crippen molar-refractivity contribution >= 4 is 29.0 Å². The predicted molar refractivity (Wildman–Crippen MR) is 91.6 cm³/mol. The molecule has 1 fully saturated rings. The lowest BCUT2D eigenvalue weighted by Gasteiger charge is -2.11. The van der Waals surface area contributed by atoms with Crippen molar-refractivity contribution in [3.8, 4) is 5.88 Å². The number of nitro benzene ring substituents is 1. The molecule has 8 heteroatoms. The van der Waals surface area contributed by atoms with Crippen molar-refractivity contribution < 1.29 is 14.5 Å². The number of nitrogens with zero attached hydrogens (tertiary/aromatic N) is 2. The zero-order valence-corrected chi connectivity index (χ0v) is 13.5. The molecule has 1 aromatic carbocycles. The Hall–Kier alpha value is -2.61. The zero-order valence-electron chi connectivity index (χ0n) is 12.7. The second-order valence-corrected chi connectivity index (χ2v) is 6.37. The molecule has 1 N–H and O–H groups in total. The van der Waals surface area contributed by atoms with Gasteiger partial charge in [0.1, 0.15) is 11.8 Å². The number of pyridine rings is 1. The molecular formula is C16H15N3O4S. The van der Waals surface area contributed by atoms with Gasteiger partial charge in [0.25, 0.3) is 11.6 Å². The third-order valence-corrected chi connectivity index (χ3v) is 4.65. The van der Waals surface area contributed by atoms with Crippen LogP contribution in [-0.4, -0.2) is 33.4 Å². The van der Waals surface area contributed by atoms with E-state index in [-0.39, 0.29) is 17.5 Å². The minimum atomic E-state index is -0.537. The average molecular weight is 345 g/mol. The second-order valence-electron chi connectivity index (χ2n) is 5.22. The highest BCUT2D eigenvalue weighted by molar-refractivity contribution is 7.99. The number of rotatable bonds is 5. The summed E-state index contributed by atoms with van der Waals surface area (Å²) in [7, 11) is 0. The first kappa shape index (κ1) is 16.3. The average Bonchev–Trinajstić information content (AvgIpc) is 3.09. The first-order chi connectivity index (χ1) is 11.6. The van der Waals surface area contributed by atoms with Gasteiger partial charge in [-0.05, 0) is 24.3 Å². The fraction of sp³-hybridized carbons (Fsp3) is 0.250. The Bertz CT molecular complexity index is 745. The van der Waals surface area contributed by atoms with Crippen LogP contribution < -0.4 is 10.1 Å². The number of benzene rings is 1. The summed E-state index contributed by atoms with van der Waals surface area (Å²) in [5.41, 5.74) is 0.301. The fourth-order valence-corrected chi connectivity index (χ4v) is 3.39. The van der Waals surface area contributed by atoms with Gasteiger partial charge in [-0.15, -0.1) is 0 Å². The number of carbonyl (C=O) groups is 1. The molecule has 0 saturated carbocycles. The third-order valence-electron chi connectivity index (χ3n) is 3.52. The Morgan fingerprint density at radius 1 is 1.33 bits per heavy atom. The number of para-hydroxylation sites is 2. The van der Waals surface area contributed by atoms with Gasteiger partial charge in [0, 0.05) is 24.1 Å². The molecule has 0 aliphatic carbocycles. The maximum atomic E-state index is 12.2. The first-order valence-electron chi connectivity index (χ1n) is 7.39. The van der Waals surface area contributed by atoms with Gasteiger partial charge in [0.05, 0.1) is 10.5 Å². The Labute approximate surface area is 142 Å². The Balaban J connectivity index is 1.68. The van der Waals surface area contributed by atoms with Crippen LogP contribution in [0.3, 0.4) is 0 Å². The van der Waals surface area contributed by atoms with Gasteiger partial charge in [0.15, 0.2) is 0 Å². The second kappa shape index (κ2) is 7.31. The maximum Gasteiger partial charge on any atom is 0.292 e. The van der Waals surface area contributed by atoms with Crippen LogP contribution in [-0.2, 0) is 0 Å². The van der Waals surface area contributed by atoms with E-state index in [1.165, 1.54) is 18.3 Å². The van der Waals surface area contributed by atoms with E-state index in [0.717, 1.165) is 17.9 Å². The standard InChI is InChI=1S/C16H15N3O4S/c20-16(18-13-3-1-2-4-14(13)19(21)22)11-5-6-15(17-9-11)23-12-7-8-24-10-12/h1-6,9,12H,7-8,10H2,(H,18,20). The van der Waals surface area contributed by atoms with Crippen molar-refractivity contribution in [2.75, 3.05) is 16.8 Å². The van der Waals surface area contributed by atoms with Gasteiger partial charge in [-0.1, -0.05) is 12.1 Å². The maximum absolute atomic E-state index is 12.2. The van der Waals surface area contributed by atoms with Crippen molar-refractivity contribution in [1.29, 1.82) is 0 Å². The van der Waals surface area contributed by atoms with Crippen LogP contribution in [0.1, 0.15) is 16.8 Å². The number of thioether (sulfide) groups is 1. The molecular weight excluding hydrogens is 330 g/mol. The molecule has 2 aromatic rings. The van der Waals surface area contributed by atoms with Crippen LogP contribution in [0.15, 0.2) is 42.6 Å². The largest absolute Gasteiger partial charge is 0.473 e. The summed E-state index contributed by atoms with van der Waals surface area (Å²) in [5.74, 6) is 2.05. The molecule has 0 radical (unpaired) electrons. The minimum Gasteiger partial charge on any atom is -0.473 e. The molecule has 0 spiro atoms. The molecule has 1 aromatic heterocycles. The van der Waals surface area contributed by atoms with E-state index in [2.05, 4.69) is 10.3 Å². The van der Waals surface area contributed by atoms with Crippen LogP contribution in [0.2, 0.25) is 0 Å². The SMILES string of the molecule is O=C(Nc1ccccc1[N+](=O)[O-])c1ccc(OC2CCSC2)nc1. The quantitative estimate of drug-likeness (QED) is 0.661. The number of hydrogen-bond donors (Lipinski definition) is 1. The van der Waals surface area contributed by atoms with Crippen LogP contribution in [0.25, 0.3) is 0 Å². The third kappa shape index (κ3) is 3.83. The molecule has 2 heterocycles. The Kier molecular flexibility index (Phi) is 4.95. The van der Waals surface area contributed by atoms with Gasteiger partial charge in [-0.3, -0.25) is 14.9 Å². The summed E-state index contributed by atoms with van der Waals surface area (Å²) in [6.07, 6.45) is 2.56. The van der Waals surface area contributed by atoms with Gasteiger partial charge in [0.2, 0.25) is 5.88 Å². The highest BCUT2D eigenvalue weighted by Crippen LogP contribution is 2.24. The van der Waals surface area contributed by atoms with Crippen molar-refractivity contribution in [2.24, 2.45) is 0 Å². The predicted octanol–water partition coefficient (Wildman–Crippen LogP) is 3.13. The van der Waals surface area contributed by atoms with E-state index in [0.29, 0.717) is 11.4 Å². The summed E-state index contributed by atoms with van der Waals surface area (Å²) < 4.78 is 5.73. The van der Waals surface area contributed by atoms with Gasteiger partial charge < -0.3 is 10.1 Å². The lowest BCUT2D eigenvalue weighted by atomic mass is 10.2. The molecule has 1 atom stereocenters. The summed E-state index contributed by atoms with van der Waals surface area (Å²) in [6.45, 7) is 0. The lowest BCUT2D eigenvalue weighted by molar-refractivity contribution is -0.383. The Morgan fingerprint density at radius 3 is 2.83 bits per heavy atom. The molecule has 1 unspecified atom stereocenters. The smallest absolute Gasteiger partial charge is 0.292 e. The first-order valence-corrected chi connectivity index (χ1v) is 8.54. The highest BCUT2D eigenvalue weighted by atomic mass is 32.2. The van der Waals surface area contributed by atoms with Crippen molar-refractivity contribution in [1.82, 2.24) is 4.98 Å². The Morgan fingerprint density at radius 2 is 2.17 bits per heavy atom. The number of hydrogen-bond acceptors (Lipinski definition) is 6. The van der Waals surface area contributed by atoms with E-state index < -0.39 is 10.8 Å². The molecule has 1 aliphatic rings. The van der Waals surface area contributed by atoms with Crippen molar-refractivity contribution in [2.45, 2.75) is 12.5 Å². The summed E-state index contributed by atoms with van der Waals surface area (Å²) in [6, 6.07) is 9.22. The molecule has 1 amide bonds. The van der Waals surface area contributed by atoms with E-state index in [9.17, 15) is 14.9 Å². The van der Waals surface area contributed by atoms with Gasteiger partial charge in [-0.2, -0.15) is 11.8 Å². The number of aromatic nitrogens is 1. The van der Waals surface area contributed by atoms with Crippen molar-refractivity contribution in [3.05, 3.63) is 58.3 Å². The number of ether oxygens (including phenoxy) is 1. The van der Waals surface area contributed by atoms with Gasteiger partial charge in [-0.25, -0.2) is 4.98 Å².